The topological polar surface area (TPSA) is 105 Å². The molecule has 242 valence electrons. The first-order chi connectivity index (χ1) is 22.1. The van der Waals surface area contributed by atoms with Crippen LogP contribution in [-0.4, -0.2) is 58.5 Å². The minimum absolute atomic E-state index is 0.0362. The van der Waals surface area contributed by atoms with Gasteiger partial charge in [-0.1, -0.05) is 66.2 Å². The van der Waals surface area contributed by atoms with Crippen LogP contribution >= 0.6 is 0 Å². The summed E-state index contributed by atoms with van der Waals surface area (Å²) in [6.45, 7) is 2.93. The first-order valence-electron chi connectivity index (χ1n) is 14.7. The number of benzene rings is 4. The molecule has 4 aromatic carbocycles. The van der Waals surface area contributed by atoms with Gasteiger partial charge in [-0.2, -0.15) is 0 Å². The fourth-order valence-electron chi connectivity index (χ4n) is 5.00. The molecular formula is C35H38FN3O6S. The standard InChI is InChI=1S/C35H38FN3O6S/c1-5-37-35(41)31(21-26-11-7-6-8-12-26)38(23-27-13-9-10-14-30(27)36)34(40)24-39(28-17-20-32(44-3)33(22-28)45-4)46(42,43)29-18-15-25(2)16-19-29/h6-20,22,31H,5,21,23-24H2,1-4H3,(H,37,41)/t31-/m1/s1. The number of anilines is 1. The quantitative estimate of drug-likeness (QED) is 0.204. The molecule has 0 saturated heterocycles. The second-order valence-electron chi connectivity index (χ2n) is 10.6. The van der Waals surface area contributed by atoms with Crippen LogP contribution in [0.15, 0.2) is 102 Å². The van der Waals surface area contributed by atoms with Gasteiger partial charge in [0.25, 0.3) is 10.0 Å². The second-order valence-corrected chi connectivity index (χ2v) is 12.4. The molecule has 0 heterocycles. The van der Waals surface area contributed by atoms with E-state index < -0.39 is 40.2 Å². The lowest BCUT2D eigenvalue weighted by Crippen LogP contribution is -2.53. The van der Waals surface area contributed by atoms with Gasteiger partial charge in [0.05, 0.1) is 24.8 Å². The van der Waals surface area contributed by atoms with Crippen LogP contribution in [0.4, 0.5) is 10.1 Å². The Morgan fingerprint density at radius 3 is 2.15 bits per heavy atom. The molecule has 0 bridgehead atoms. The molecular weight excluding hydrogens is 609 g/mol. The number of hydrogen-bond donors (Lipinski definition) is 1. The number of amides is 2. The summed E-state index contributed by atoms with van der Waals surface area (Å²) in [6, 6.07) is 24.8. The number of sulfonamides is 1. The van der Waals surface area contributed by atoms with Crippen LogP contribution in [0.5, 0.6) is 11.5 Å². The van der Waals surface area contributed by atoms with E-state index in [1.165, 1.54) is 61.6 Å². The largest absolute Gasteiger partial charge is 0.493 e. The monoisotopic (exact) mass is 647 g/mol. The lowest BCUT2D eigenvalue weighted by Gasteiger charge is -2.34. The van der Waals surface area contributed by atoms with E-state index in [0.29, 0.717) is 12.3 Å². The van der Waals surface area contributed by atoms with E-state index in [0.717, 1.165) is 15.4 Å². The normalized spacial score (nSPS) is 11.8. The molecule has 2 amide bonds. The molecule has 0 saturated carbocycles. The zero-order valence-corrected chi connectivity index (χ0v) is 27.1. The van der Waals surface area contributed by atoms with Crippen molar-refractivity contribution >= 4 is 27.5 Å². The first kappa shape index (κ1) is 34.0. The molecule has 1 atom stereocenters. The number of rotatable bonds is 14. The predicted molar refractivity (Wildman–Crippen MR) is 175 cm³/mol. The highest BCUT2D eigenvalue weighted by molar-refractivity contribution is 7.92. The van der Waals surface area contributed by atoms with Gasteiger partial charge in [-0.15, -0.1) is 0 Å². The van der Waals surface area contributed by atoms with Crippen LogP contribution in [-0.2, 0) is 32.6 Å². The van der Waals surface area contributed by atoms with E-state index in [9.17, 15) is 18.0 Å². The van der Waals surface area contributed by atoms with Crippen LogP contribution < -0.4 is 19.1 Å². The molecule has 0 spiro atoms. The first-order valence-corrected chi connectivity index (χ1v) is 16.2. The number of carbonyl (C=O) groups is 2. The van der Waals surface area contributed by atoms with Gasteiger partial charge >= 0.3 is 0 Å². The summed E-state index contributed by atoms with van der Waals surface area (Å²) in [7, 11) is -1.45. The van der Waals surface area contributed by atoms with Gasteiger partial charge in [-0.25, -0.2) is 12.8 Å². The van der Waals surface area contributed by atoms with Crippen molar-refractivity contribution in [1.29, 1.82) is 0 Å². The number of hydrogen-bond acceptors (Lipinski definition) is 6. The van der Waals surface area contributed by atoms with Gasteiger partial charge in [0.15, 0.2) is 11.5 Å². The summed E-state index contributed by atoms with van der Waals surface area (Å²) < 4.78 is 55.2. The molecule has 0 aliphatic heterocycles. The van der Waals surface area contributed by atoms with Crippen LogP contribution in [0.3, 0.4) is 0 Å². The van der Waals surface area contributed by atoms with Crippen molar-refractivity contribution in [3.05, 3.63) is 120 Å². The van der Waals surface area contributed by atoms with E-state index in [1.807, 2.05) is 37.3 Å². The van der Waals surface area contributed by atoms with Gasteiger partial charge in [-0.05, 0) is 49.7 Å². The van der Waals surface area contributed by atoms with Crippen molar-refractivity contribution in [2.24, 2.45) is 0 Å². The Labute approximate surface area is 269 Å². The van der Waals surface area contributed by atoms with Crippen molar-refractivity contribution in [2.75, 3.05) is 31.6 Å². The molecule has 0 aliphatic rings. The van der Waals surface area contributed by atoms with Crippen molar-refractivity contribution < 1.29 is 31.9 Å². The molecule has 0 unspecified atom stereocenters. The number of halogens is 1. The molecule has 4 aromatic rings. The van der Waals surface area contributed by atoms with E-state index >= 15 is 4.39 Å². The minimum Gasteiger partial charge on any atom is -0.493 e. The van der Waals surface area contributed by atoms with E-state index in [1.54, 1.807) is 31.2 Å². The van der Waals surface area contributed by atoms with E-state index in [-0.39, 0.29) is 34.9 Å². The van der Waals surface area contributed by atoms with Gasteiger partial charge in [0.2, 0.25) is 11.8 Å². The number of methoxy groups -OCH3 is 2. The SMILES string of the molecule is CCNC(=O)[C@@H](Cc1ccccc1)N(Cc1ccccc1F)C(=O)CN(c1ccc(OC)c(OC)c1)S(=O)(=O)c1ccc(C)cc1. The minimum atomic E-state index is -4.33. The fourth-order valence-corrected chi connectivity index (χ4v) is 6.41. The maximum absolute atomic E-state index is 15.0. The number of carbonyl (C=O) groups excluding carboxylic acids is 2. The molecule has 4 rings (SSSR count). The Morgan fingerprint density at radius 1 is 0.870 bits per heavy atom. The number of aryl methyl sites for hydroxylation is 1. The third-order valence-corrected chi connectivity index (χ3v) is 9.25. The van der Waals surface area contributed by atoms with Gasteiger partial charge in [-0.3, -0.25) is 13.9 Å². The van der Waals surface area contributed by atoms with Gasteiger partial charge < -0.3 is 19.7 Å². The summed E-state index contributed by atoms with van der Waals surface area (Å²) in [5.41, 5.74) is 1.94. The third kappa shape index (κ3) is 8.02. The van der Waals surface area contributed by atoms with Crippen molar-refractivity contribution in [3.8, 4) is 11.5 Å². The lowest BCUT2D eigenvalue weighted by molar-refractivity contribution is -0.140. The number of likely N-dealkylation sites (N-methyl/N-ethyl adjacent to an activating group) is 1. The van der Waals surface area contributed by atoms with Gasteiger partial charge in [0.1, 0.15) is 18.4 Å². The summed E-state index contributed by atoms with van der Waals surface area (Å²) in [5, 5.41) is 2.79. The maximum Gasteiger partial charge on any atom is 0.264 e. The summed E-state index contributed by atoms with van der Waals surface area (Å²) >= 11 is 0. The smallest absolute Gasteiger partial charge is 0.264 e. The lowest BCUT2D eigenvalue weighted by atomic mass is 10.0. The van der Waals surface area contributed by atoms with Gasteiger partial charge in [0, 0.05) is 31.1 Å². The zero-order valence-electron chi connectivity index (χ0n) is 26.3. The highest BCUT2D eigenvalue weighted by atomic mass is 32.2. The summed E-state index contributed by atoms with van der Waals surface area (Å²) in [6.07, 6.45) is 0.119. The second kappa shape index (κ2) is 15.4. The Bertz CT molecular complexity index is 1750. The van der Waals surface area contributed by atoms with Crippen molar-refractivity contribution in [3.63, 3.8) is 0 Å². The highest BCUT2D eigenvalue weighted by Gasteiger charge is 2.35. The number of ether oxygens (including phenoxy) is 2. The van der Waals surface area contributed by atoms with Crippen LogP contribution in [0.1, 0.15) is 23.6 Å². The number of nitrogens with one attached hydrogen (secondary N) is 1. The third-order valence-electron chi connectivity index (χ3n) is 7.46. The molecule has 11 heteroatoms. The molecule has 1 N–H and O–H groups in total. The Morgan fingerprint density at radius 2 is 1.52 bits per heavy atom. The zero-order chi connectivity index (χ0) is 33.3. The molecule has 9 nitrogen and oxygen atoms in total. The Hall–Kier alpha value is -4.90. The summed E-state index contributed by atoms with van der Waals surface area (Å²) in [5.74, 6) is -1.09. The van der Waals surface area contributed by atoms with Crippen LogP contribution in [0.2, 0.25) is 0 Å². The van der Waals surface area contributed by atoms with E-state index in [4.69, 9.17) is 9.47 Å². The molecule has 0 fully saturated rings. The predicted octanol–water partition coefficient (Wildman–Crippen LogP) is 5.12. The Kier molecular flexibility index (Phi) is 11.4. The van der Waals surface area contributed by atoms with Crippen LogP contribution in [0.25, 0.3) is 0 Å². The van der Waals surface area contributed by atoms with Crippen molar-refractivity contribution in [1.82, 2.24) is 10.2 Å². The average molecular weight is 648 g/mol. The molecule has 46 heavy (non-hydrogen) atoms. The van der Waals surface area contributed by atoms with Crippen LogP contribution in [0, 0.1) is 12.7 Å². The Balaban J connectivity index is 1.84. The highest BCUT2D eigenvalue weighted by Crippen LogP contribution is 2.34. The van der Waals surface area contributed by atoms with E-state index in [2.05, 4.69) is 5.32 Å². The average Bonchev–Trinajstić information content (AvgIpc) is 3.06. The maximum atomic E-state index is 15.0. The molecule has 0 radical (unpaired) electrons. The molecule has 0 aromatic heterocycles. The fraction of sp³-hybridized carbons (Fsp3) is 0.257. The number of nitrogens with zero attached hydrogens (tertiary/aromatic N) is 2. The van der Waals surface area contributed by atoms with Crippen molar-refractivity contribution in [2.45, 2.75) is 37.8 Å². The molecule has 0 aliphatic carbocycles. The summed E-state index contributed by atoms with van der Waals surface area (Å²) in [4.78, 5) is 29.2.